The number of methoxy groups -OCH3 is 2. The maximum atomic E-state index is 12.6. The van der Waals surface area contributed by atoms with Crippen molar-refractivity contribution in [1.29, 1.82) is 0 Å². The van der Waals surface area contributed by atoms with Crippen molar-refractivity contribution in [2.24, 2.45) is 11.3 Å². The van der Waals surface area contributed by atoms with Crippen LogP contribution in [0.15, 0.2) is 18.2 Å². The number of carbonyl (C=O) groups excluding carboxylic acids is 4. The fourth-order valence-corrected chi connectivity index (χ4v) is 5.41. The van der Waals surface area contributed by atoms with Crippen LogP contribution in [-0.4, -0.2) is 85.5 Å². The summed E-state index contributed by atoms with van der Waals surface area (Å²) >= 11 is 12.2. The molecule has 43 heavy (non-hydrogen) atoms. The second kappa shape index (κ2) is 15.3. The number of piperidine rings is 2. The molecule has 1 aromatic carbocycles. The third-order valence-electron chi connectivity index (χ3n) is 7.22. The molecule has 0 spiro atoms. The third-order valence-corrected chi connectivity index (χ3v) is 7.80. The molecule has 2 fully saturated rings. The highest BCUT2D eigenvalue weighted by molar-refractivity contribution is 6.35. The Morgan fingerprint density at radius 1 is 0.814 bits per heavy atom. The molecule has 0 aliphatic carbocycles. The zero-order valence-corrected chi connectivity index (χ0v) is 28.1. The van der Waals surface area contributed by atoms with Gasteiger partial charge in [-0.3, -0.25) is 9.59 Å². The van der Waals surface area contributed by atoms with Gasteiger partial charge in [-0.05, 0) is 91.3 Å². The van der Waals surface area contributed by atoms with Crippen molar-refractivity contribution < 1.29 is 38.1 Å². The summed E-state index contributed by atoms with van der Waals surface area (Å²) in [5.41, 5.74) is -0.904. The molecule has 0 radical (unpaired) electrons. The molecule has 0 saturated carbocycles. The zero-order valence-electron chi connectivity index (χ0n) is 26.6. The molecule has 2 aliphatic heterocycles. The first kappa shape index (κ1) is 36.5. The second-order valence-corrected chi connectivity index (χ2v) is 13.8. The van der Waals surface area contributed by atoms with E-state index >= 15 is 0 Å². The van der Waals surface area contributed by atoms with Crippen LogP contribution in [-0.2, 0) is 35.0 Å². The van der Waals surface area contributed by atoms with E-state index in [1.54, 1.807) is 21.9 Å². The van der Waals surface area contributed by atoms with Gasteiger partial charge >= 0.3 is 24.1 Å². The number of rotatable bonds is 4. The summed E-state index contributed by atoms with van der Waals surface area (Å²) in [5.74, 6) is -0.556. The van der Waals surface area contributed by atoms with Crippen molar-refractivity contribution in [3.05, 3.63) is 33.8 Å². The van der Waals surface area contributed by atoms with Gasteiger partial charge in [-0.2, -0.15) is 0 Å². The number of halogens is 2. The summed E-state index contributed by atoms with van der Waals surface area (Å²) in [6.07, 6.45) is 2.03. The van der Waals surface area contributed by atoms with Crippen LogP contribution in [0, 0.1) is 11.3 Å². The van der Waals surface area contributed by atoms with Gasteiger partial charge in [-0.1, -0.05) is 29.3 Å². The van der Waals surface area contributed by atoms with Crippen LogP contribution in [0.25, 0.3) is 0 Å². The summed E-state index contributed by atoms with van der Waals surface area (Å²) in [5, 5.41) is 1.07. The Labute approximate surface area is 265 Å². The monoisotopic (exact) mass is 644 g/mol. The van der Waals surface area contributed by atoms with Crippen LogP contribution in [0.2, 0.25) is 10.0 Å². The first-order chi connectivity index (χ1) is 19.9. The van der Waals surface area contributed by atoms with E-state index in [4.69, 9.17) is 42.1 Å². The average molecular weight is 646 g/mol. The van der Waals surface area contributed by atoms with Crippen molar-refractivity contribution >= 4 is 47.3 Å². The molecular weight excluding hydrogens is 599 g/mol. The number of benzene rings is 1. The Balaban J connectivity index is 0.000000329. The summed E-state index contributed by atoms with van der Waals surface area (Å²) < 4.78 is 20.4. The minimum atomic E-state index is -0.718. The van der Waals surface area contributed by atoms with E-state index < -0.39 is 16.6 Å². The predicted octanol–water partition coefficient (Wildman–Crippen LogP) is 6.53. The van der Waals surface area contributed by atoms with Gasteiger partial charge in [0.1, 0.15) is 11.2 Å². The lowest BCUT2D eigenvalue weighted by Gasteiger charge is -2.40. The number of carbonyl (C=O) groups is 4. The Morgan fingerprint density at radius 3 is 1.72 bits per heavy atom. The fourth-order valence-electron chi connectivity index (χ4n) is 4.93. The number of hydrogen-bond acceptors (Lipinski definition) is 8. The molecule has 0 atom stereocenters. The van der Waals surface area contributed by atoms with Gasteiger partial charge in [-0.25, -0.2) is 9.59 Å². The summed E-state index contributed by atoms with van der Waals surface area (Å²) in [6, 6.07) is 5.25. The summed E-state index contributed by atoms with van der Waals surface area (Å²) in [7, 11) is 2.77. The van der Waals surface area contributed by atoms with Crippen LogP contribution < -0.4 is 0 Å². The predicted molar refractivity (Wildman–Crippen MR) is 164 cm³/mol. The number of ether oxygens (including phenoxy) is 4. The van der Waals surface area contributed by atoms with E-state index in [0.29, 0.717) is 68.3 Å². The number of amides is 2. The minimum absolute atomic E-state index is 0.0845. The lowest BCUT2D eigenvalue weighted by Crippen LogP contribution is -2.49. The lowest BCUT2D eigenvalue weighted by atomic mass is 9.74. The number of nitrogens with zero attached hydrogens (tertiary/aromatic N) is 2. The molecule has 10 nitrogen and oxygen atoms in total. The van der Waals surface area contributed by atoms with Crippen LogP contribution >= 0.6 is 23.2 Å². The highest BCUT2D eigenvalue weighted by Gasteiger charge is 2.44. The van der Waals surface area contributed by atoms with Crippen LogP contribution in [0.4, 0.5) is 9.59 Å². The van der Waals surface area contributed by atoms with E-state index in [1.165, 1.54) is 14.2 Å². The Morgan fingerprint density at radius 2 is 1.30 bits per heavy atom. The van der Waals surface area contributed by atoms with Gasteiger partial charge in [0.05, 0.1) is 25.6 Å². The topological polar surface area (TPSA) is 112 Å². The lowest BCUT2D eigenvalue weighted by molar-refractivity contribution is -0.156. The highest BCUT2D eigenvalue weighted by Crippen LogP contribution is 2.39. The fraction of sp³-hybridized carbons (Fsp3) is 0.677. The summed E-state index contributed by atoms with van der Waals surface area (Å²) in [6.45, 7) is 13.0. The summed E-state index contributed by atoms with van der Waals surface area (Å²) in [4.78, 5) is 51.2. The molecule has 0 N–H and O–H groups in total. The van der Waals surface area contributed by atoms with E-state index in [9.17, 15) is 19.2 Å². The van der Waals surface area contributed by atoms with E-state index in [-0.39, 0.29) is 30.0 Å². The molecule has 0 aromatic heterocycles. The minimum Gasteiger partial charge on any atom is -0.469 e. The molecule has 2 heterocycles. The van der Waals surface area contributed by atoms with Crippen molar-refractivity contribution in [2.45, 2.75) is 84.8 Å². The molecule has 2 aliphatic rings. The van der Waals surface area contributed by atoms with Crippen LogP contribution in [0.1, 0.15) is 72.8 Å². The molecule has 2 amide bonds. The van der Waals surface area contributed by atoms with Gasteiger partial charge in [0.2, 0.25) is 0 Å². The highest BCUT2D eigenvalue weighted by atomic mass is 35.5. The van der Waals surface area contributed by atoms with Gasteiger partial charge in [0.25, 0.3) is 0 Å². The van der Waals surface area contributed by atoms with Crippen molar-refractivity contribution in [3.8, 4) is 0 Å². The molecule has 3 rings (SSSR count). The standard InChI is InChI=1S/C19H25Cl2NO4.C12H21NO4/c1-18(2,3)26-17(24)22-9-7-19(8-10-22,16(23)25-4)12-13-5-6-14(20)11-15(13)21;1-12(2,3)17-11(15)13-7-5-9(6-8-13)10(14)16-4/h5-6,11H,7-10,12H2,1-4H3;9H,5-8H2,1-4H3. The first-order valence-electron chi connectivity index (χ1n) is 14.5. The Kier molecular flexibility index (Phi) is 13.0. The van der Waals surface area contributed by atoms with Gasteiger partial charge < -0.3 is 28.7 Å². The largest absolute Gasteiger partial charge is 0.469 e. The Bertz CT molecular complexity index is 1130. The average Bonchev–Trinajstić information content (AvgIpc) is 2.92. The normalized spacial score (nSPS) is 17.3. The molecule has 2 saturated heterocycles. The first-order valence-corrected chi connectivity index (χ1v) is 15.2. The Hall–Kier alpha value is -2.72. The zero-order chi connectivity index (χ0) is 32.6. The van der Waals surface area contributed by atoms with Crippen molar-refractivity contribution in [2.75, 3.05) is 40.4 Å². The van der Waals surface area contributed by atoms with Crippen LogP contribution in [0.3, 0.4) is 0 Å². The van der Waals surface area contributed by atoms with Gasteiger partial charge in [-0.15, -0.1) is 0 Å². The number of hydrogen-bond donors (Lipinski definition) is 0. The third kappa shape index (κ3) is 11.4. The van der Waals surface area contributed by atoms with E-state index in [1.807, 2.05) is 47.6 Å². The van der Waals surface area contributed by atoms with Crippen molar-refractivity contribution in [3.63, 3.8) is 0 Å². The van der Waals surface area contributed by atoms with E-state index in [0.717, 1.165) is 5.56 Å². The SMILES string of the molecule is COC(=O)C1(Cc2ccc(Cl)cc2Cl)CCN(C(=O)OC(C)(C)C)CC1.COC(=O)C1CCN(C(=O)OC(C)(C)C)CC1. The van der Waals surface area contributed by atoms with Gasteiger partial charge in [0, 0.05) is 36.2 Å². The smallest absolute Gasteiger partial charge is 0.410 e. The van der Waals surface area contributed by atoms with Crippen molar-refractivity contribution in [1.82, 2.24) is 9.80 Å². The number of esters is 2. The van der Waals surface area contributed by atoms with Crippen LogP contribution in [0.5, 0.6) is 0 Å². The quantitative estimate of drug-likeness (QED) is 0.268. The molecule has 0 unspecified atom stereocenters. The van der Waals surface area contributed by atoms with Gasteiger partial charge in [0.15, 0.2) is 0 Å². The second-order valence-electron chi connectivity index (χ2n) is 12.9. The number of likely N-dealkylation sites (tertiary alicyclic amines) is 2. The molecular formula is C31H46Cl2N2O8. The molecule has 0 bridgehead atoms. The maximum Gasteiger partial charge on any atom is 0.410 e. The molecule has 12 heteroatoms. The maximum absolute atomic E-state index is 12.6. The van der Waals surface area contributed by atoms with E-state index in [2.05, 4.69) is 0 Å². The molecule has 1 aromatic rings. The molecule has 242 valence electrons.